The molecule has 0 spiro atoms. The highest BCUT2D eigenvalue weighted by molar-refractivity contribution is 5.90. The van der Waals surface area contributed by atoms with Crippen LogP contribution in [0.25, 0.3) is 16.7 Å². The molecule has 1 atom stereocenters. The van der Waals surface area contributed by atoms with E-state index in [2.05, 4.69) is 21.5 Å². The number of hydrogen-bond acceptors (Lipinski definition) is 3. The number of benzene rings is 1. The molecule has 1 saturated carbocycles. The predicted molar refractivity (Wildman–Crippen MR) is 110 cm³/mol. The largest absolute Gasteiger partial charge is 0.322 e. The first-order valence-electron chi connectivity index (χ1n) is 10.4. The molecule has 0 bridgehead atoms. The maximum absolute atomic E-state index is 14.5. The second-order valence-corrected chi connectivity index (χ2v) is 8.16. The number of hydrogen-bond donors (Lipinski definition) is 1. The number of anilines is 1. The number of carbonyl (C=O) groups is 1. The van der Waals surface area contributed by atoms with Crippen molar-refractivity contribution in [1.29, 1.82) is 0 Å². The molecule has 1 aliphatic heterocycles. The van der Waals surface area contributed by atoms with Gasteiger partial charge in [-0.2, -0.15) is 0 Å². The topological polar surface area (TPSA) is 63.1 Å². The third-order valence-electron chi connectivity index (χ3n) is 6.07. The lowest BCUT2D eigenvalue weighted by molar-refractivity contribution is 0.218. The zero-order valence-electron chi connectivity index (χ0n) is 16.5. The van der Waals surface area contributed by atoms with E-state index >= 15 is 0 Å². The van der Waals surface area contributed by atoms with Crippen LogP contribution in [-0.4, -0.2) is 45.0 Å². The quantitative estimate of drug-likeness (QED) is 0.674. The number of likely N-dealkylation sites (tertiary alicyclic amines) is 1. The summed E-state index contributed by atoms with van der Waals surface area (Å²) in [6.07, 6.45) is 7.84. The fourth-order valence-electron chi connectivity index (χ4n) is 4.41. The summed E-state index contributed by atoms with van der Waals surface area (Å²) in [5.41, 5.74) is 2.41. The molecule has 156 valence electrons. The van der Waals surface area contributed by atoms with Gasteiger partial charge in [-0.05, 0) is 55.0 Å². The van der Waals surface area contributed by atoms with Gasteiger partial charge in [0.05, 0.1) is 6.54 Å². The number of pyridine rings is 1. The van der Waals surface area contributed by atoms with Crippen molar-refractivity contribution in [3.05, 3.63) is 48.0 Å². The first-order valence-corrected chi connectivity index (χ1v) is 10.4. The second kappa shape index (κ2) is 7.66. The second-order valence-electron chi connectivity index (χ2n) is 8.16. The molecular formula is C22H23F2N5O. The van der Waals surface area contributed by atoms with Crippen LogP contribution in [0.5, 0.6) is 0 Å². The van der Waals surface area contributed by atoms with Gasteiger partial charge in [0.2, 0.25) is 0 Å². The maximum atomic E-state index is 14.5. The minimum absolute atomic E-state index is 0.0828. The molecule has 1 aliphatic carbocycles. The molecule has 1 aromatic carbocycles. The zero-order chi connectivity index (χ0) is 20.7. The number of nitrogens with zero attached hydrogens (tertiary/aromatic N) is 4. The molecule has 8 heteroatoms. The minimum atomic E-state index is -0.988. The van der Waals surface area contributed by atoms with Crippen molar-refractivity contribution in [3.8, 4) is 5.69 Å². The van der Waals surface area contributed by atoms with E-state index in [0.717, 1.165) is 5.39 Å². The van der Waals surface area contributed by atoms with Crippen molar-refractivity contribution in [2.24, 2.45) is 0 Å². The molecule has 2 amide bonds. The summed E-state index contributed by atoms with van der Waals surface area (Å²) in [7, 11) is 0. The molecule has 6 nitrogen and oxygen atoms in total. The number of amides is 2. The lowest BCUT2D eigenvalue weighted by Gasteiger charge is -2.16. The van der Waals surface area contributed by atoms with Gasteiger partial charge < -0.3 is 10.2 Å². The van der Waals surface area contributed by atoms with Crippen molar-refractivity contribution in [1.82, 2.24) is 19.7 Å². The molecule has 30 heavy (non-hydrogen) atoms. The van der Waals surface area contributed by atoms with Crippen LogP contribution in [0.4, 0.5) is 19.3 Å². The van der Waals surface area contributed by atoms with Gasteiger partial charge in [0.1, 0.15) is 17.7 Å². The molecule has 0 radical (unpaired) electrons. The Morgan fingerprint density at radius 3 is 2.77 bits per heavy atom. The highest BCUT2D eigenvalue weighted by Crippen LogP contribution is 2.34. The van der Waals surface area contributed by atoms with Crippen LogP contribution in [0.2, 0.25) is 0 Å². The highest BCUT2D eigenvalue weighted by atomic mass is 19.1. The van der Waals surface area contributed by atoms with E-state index in [9.17, 15) is 13.6 Å². The van der Waals surface area contributed by atoms with Crippen LogP contribution in [0.1, 0.15) is 43.6 Å². The summed E-state index contributed by atoms with van der Waals surface area (Å²) in [6.45, 7) is 0.458. The van der Waals surface area contributed by atoms with Gasteiger partial charge in [0.15, 0.2) is 5.65 Å². The fraction of sp³-hybridized carbons (Fsp3) is 0.409. The Bertz CT molecular complexity index is 1090. The summed E-state index contributed by atoms with van der Waals surface area (Å²) in [5, 5.41) is 7.99. The first-order chi connectivity index (χ1) is 14.6. The van der Waals surface area contributed by atoms with Gasteiger partial charge in [-0.3, -0.25) is 0 Å². The molecule has 5 rings (SSSR count). The Labute approximate surface area is 172 Å². The number of aromatic nitrogens is 3. The maximum Gasteiger partial charge on any atom is 0.321 e. The fourth-order valence-corrected chi connectivity index (χ4v) is 4.41. The third-order valence-corrected chi connectivity index (χ3v) is 6.07. The van der Waals surface area contributed by atoms with Crippen molar-refractivity contribution >= 4 is 22.8 Å². The summed E-state index contributed by atoms with van der Waals surface area (Å²) < 4.78 is 29.3. The SMILES string of the molecule is O=C(Nc1ccc(F)c(-n2cc3cc(C4CCCC4)cnc3n2)c1)N1CCC(F)C1. The van der Waals surface area contributed by atoms with Gasteiger partial charge in [-0.1, -0.05) is 12.8 Å². The molecule has 2 fully saturated rings. The van der Waals surface area contributed by atoms with Crippen LogP contribution in [0.3, 0.4) is 0 Å². The molecular weight excluding hydrogens is 388 g/mol. The first kappa shape index (κ1) is 19.0. The van der Waals surface area contributed by atoms with Crippen LogP contribution in [0, 0.1) is 5.82 Å². The Morgan fingerprint density at radius 2 is 2.00 bits per heavy atom. The van der Waals surface area contributed by atoms with Crippen molar-refractivity contribution < 1.29 is 13.6 Å². The van der Waals surface area contributed by atoms with Crippen molar-refractivity contribution in [2.45, 2.75) is 44.2 Å². The summed E-state index contributed by atoms with van der Waals surface area (Å²) in [6, 6.07) is 6.00. The van der Waals surface area contributed by atoms with Crippen molar-refractivity contribution in [3.63, 3.8) is 0 Å². The summed E-state index contributed by atoms with van der Waals surface area (Å²) in [5.74, 6) is 0.0804. The number of fused-ring (bicyclic) bond motifs is 1. The van der Waals surface area contributed by atoms with E-state index in [-0.39, 0.29) is 18.3 Å². The van der Waals surface area contributed by atoms with Crippen molar-refractivity contribution in [2.75, 3.05) is 18.4 Å². The van der Waals surface area contributed by atoms with Gasteiger partial charge in [0, 0.05) is 30.0 Å². The zero-order valence-corrected chi connectivity index (χ0v) is 16.5. The minimum Gasteiger partial charge on any atom is -0.322 e. The van der Waals surface area contributed by atoms with Gasteiger partial charge in [0.25, 0.3) is 0 Å². The Morgan fingerprint density at radius 1 is 1.17 bits per heavy atom. The summed E-state index contributed by atoms with van der Waals surface area (Å²) >= 11 is 0. The van der Waals surface area contributed by atoms with Crippen LogP contribution < -0.4 is 5.32 Å². The summed E-state index contributed by atoms with van der Waals surface area (Å²) in [4.78, 5) is 18.2. The van der Waals surface area contributed by atoms with Crippen LogP contribution >= 0.6 is 0 Å². The molecule has 2 aliphatic rings. The van der Waals surface area contributed by atoms with Gasteiger partial charge in [-0.25, -0.2) is 23.2 Å². The lowest BCUT2D eigenvalue weighted by Crippen LogP contribution is -2.33. The molecule has 1 saturated heterocycles. The number of rotatable bonds is 3. The van der Waals surface area contributed by atoms with E-state index in [0.29, 0.717) is 30.2 Å². The highest BCUT2D eigenvalue weighted by Gasteiger charge is 2.26. The van der Waals surface area contributed by atoms with E-state index in [4.69, 9.17) is 0 Å². The van der Waals surface area contributed by atoms with E-state index in [1.54, 1.807) is 6.20 Å². The number of halogens is 2. The van der Waals surface area contributed by atoms with E-state index in [1.807, 2.05) is 6.20 Å². The van der Waals surface area contributed by atoms with Crippen LogP contribution in [0.15, 0.2) is 36.7 Å². The average molecular weight is 411 g/mol. The van der Waals surface area contributed by atoms with Gasteiger partial charge in [-0.15, -0.1) is 5.10 Å². The third kappa shape index (κ3) is 3.62. The average Bonchev–Trinajstić information content (AvgIpc) is 3.49. The number of alkyl halides is 1. The number of carbonyl (C=O) groups excluding carboxylic acids is 1. The Hall–Kier alpha value is -3.03. The molecule has 1 N–H and O–H groups in total. The molecule has 1 unspecified atom stereocenters. The van der Waals surface area contributed by atoms with E-state index < -0.39 is 12.0 Å². The number of urea groups is 1. The Kier molecular flexibility index (Phi) is 4.84. The normalized spacial score (nSPS) is 19.7. The molecule has 3 aromatic rings. The monoisotopic (exact) mass is 411 g/mol. The Balaban J connectivity index is 1.41. The predicted octanol–water partition coefficient (Wildman–Crippen LogP) is 4.79. The van der Waals surface area contributed by atoms with Gasteiger partial charge >= 0.3 is 6.03 Å². The lowest BCUT2D eigenvalue weighted by atomic mass is 9.99. The molecule has 2 aromatic heterocycles. The smallest absolute Gasteiger partial charge is 0.321 e. The molecule has 3 heterocycles. The van der Waals surface area contributed by atoms with Crippen LogP contribution in [-0.2, 0) is 0 Å². The van der Waals surface area contributed by atoms with E-state index in [1.165, 1.54) is 59.0 Å². The number of nitrogens with one attached hydrogen (secondary N) is 1. The standard InChI is InChI=1S/C22H23F2N5O/c23-17-7-8-28(13-17)22(30)26-18-5-6-19(24)20(10-18)29-12-16-9-15(11-25-21(16)27-29)14-3-1-2-4-14/h5-6,9-12,14,17H,1-4,7-8,13H2,(H,26,30).